The first kappa shape index (κ1) is 27.1. The van der Waals surface area contributed by atoms with Gasteiger partial charge in [0.2, 0.25) is 0 Å². The van der Waals surface area contributed by atoms with Crippen LogP contribution in [0.25, 0.3) is 6.08 Å². The molecule has 0 N–H and O–H groups in total. The molecule has 0 radical (unpaired) electrons. The molecule has 1 aliphatic rings. The maximum absolute atomic E-state index is 13.1. The van der Waals surface area contributed by atoms with Crippen LogP contribution in [0.3, 0.4) is 0 Å². The SMILES string of the molecule is COC(=O)C1=NN(c2c(Cl)cc(C(F)(F)F)cc2Cl)C(=O)C1=Cc1c(Cl)cc(C(F)(F)F)cc1Cl. The lowest BCUT2D eigenvalue weighted by Crippen LogP contribution is -2.23. The number of anilines is 1. The van der Waals surface area contributed by atoms with Crippen molar-refractivity contribution >= 4 is 75.8 Å². The van der Waals surface area contributed by atoms with E-state index in [1.165, 1.54) is 0 Å². The molecule has 0 atom stereocenters. The average molecular weight is 580 g/mol. The minimum atomic E-state index is -4.80. The summed E-state index contributed by atoms with van der Waals surface area (Å²) in [7, 11) is 0.950. The number of hydrazone groups is 1. The molecule has 0 saturated heterocycles. The minimum absolute atomic E-state index is 0.271. The molecular weight excluding hydrogens is 572 g/mol. The van der Waals surface area contributed by atoms with Crippen molar-refractivity contribution in [3.63, 3.8) is 0 Å². The number of alkyl halides is 6. The lowest BCUT2D eigenvalue weighted by molar-refractivity contribution is -0.138. The van der Waals surface area contributed by atoms with Crippen LogP contribution in [0.5, 0.6) is 0 Å². The molecule has 0 aromatic heterocycles. The molecule has 0 saturated carbocycles. The summed E-state index contributed by atoms with van der Waals surface area (Å²) in [6.07, 6.45) is -8.69. The number of benzene rings is 2. The van der Waals surface area contributed by atoms with Crippen LogP contribution >= 0.6 is 46.4 Å². The summed E-state index contributed by atoms with van der Waals surface area (Å²) in [4.78, 5) is 25.4. The van der Waals surface area contributed by atoms with Crippen LogP contribution in [0.4, 0.5) is 32.0 Å². The standard InChI is InChI=1S/C20H8Cl4F6N2O3/c1-35-18(34)15-10(6-9-11(21)2-7(3-12(9)22)19(25,26)27)17(33)32(31-15)16-13(23)4-8(5-14(16)24)20(28,29)30/h2-6H,1H3. The van der Waals surface area contributed by atoms with Gasteiger partial charge in [0.1, 0.15) is 5.69 Å². The maximum atomic E-state index is 13.1. The summed E-state index contributed by atoms with van der Waals surface area (Å²) in [6.45, 7) is 0. The van der Waals surface area contributed by atoms with Crippen molar-refractivity contribution in [2.24, 2.45) is 5.10 Å². The van der Waals surface area contributed by atoms with E-state index in [1.54, 1.807) is 0 Å². The largest absolute Gasteiger partial charge is 0.464 e. The highest BCUT2D eigenvalue weighted by Crippen LogP contribution is 2.43. The average Bonchev–Trinajstić information content (AvgIpc) is 3.04. The van der Waals surface area contributed by atoms with Crippen molar-refractivity contribution in [1.82, 2.24) is 0 Å². The highest BCUT2D eigenvalue weighted by Gasteiger charge is 2.40. The lowest BCUT2D eigenvalue weighted by Gasteiger charge is -2.17. The Kier molecular flexibility index (Phi) is 7.39. The fraction of sp³-hybridized carbons (Fsp3) is 0.150. The third kappa shape index (κ3) is 5.37. The van der Waals surface area contributed by atoms with Gasteiger partial charge in [0.25, 0.3) is 5.91 Å². The van der Waals surface area contributed by atoms with E-state index in [9.17, 15) is 35.9 Å². The van der Waals surface area contributed by atoms with E-state index in [1.807, 2.05) is 0 Å². The Balaban J connectivity index is 2.17. The summed E-state index contributed by atoms with van der Waals surface area (Å²) >= 11 is 23.7. The number of rotatable bonds is 3. The first-order valence-corrected chi connectivity index (χ1v) is 10.4. The normalized spacial score (nSPS) is 15.6. The van der Waals surface area contributed by atoms with Gasteiger partial charge in [-0.3, -0.25) is 4.79 Å². The number of esters is 1. The lowest BCUT2D eigenvalue weighted by atomic mass is 10.0. The number of hydrogen-bond acceptors (Lipinski definition) is 4. The van der Waals surface area contributed by atoms with Crippen LogP contribution in [-0.2, 0) is 26.7 Å². The molecule has 0 unspecified atom stereocenters. The molecule has 2 aromatic rings. The van der Waals surface area contributed by atoms with Crippen molar-refractivity contribution in [2.75, 3.05) is 12.1 Å². The van der Waals surface area contributed by atoms with Crippen LogP contribution < -0.4 is 5.01 Å². The summed E-state index contributed by atoms with van der Waals surface area (Å²) in [6, 6.07) is 2.09. The zero-order chi connectivity index (χ0) is 26.5. The second-order valence-corrected chi connectivity index (χ2v) is 8.38. The molecule has 0 fully saturated rings. The van der Waals surface area contributed by atoms with E-state index in [2.05, 4.69) is 9.84 Å². The number of amides is 1. The summed E-state index contributed by atoms with van der Waals surface area (Å²) in [5, 5.41) is 1.93. The van der Waals surface area contributed by atoms with Gasteiger partial charge in [0.05, 0.1) is 33.9 Å². The molecule has 186 valence electrons. The molecule has 3 rings (SSSR count). The number of hydrogen-bond donors (Lipinski definition) is 0. The van der Waals surface area contributed by atoms with Crippen LogP contribution in [0.2, 0.25) is 20.1 Å². The zero-order valence-electron chi connectivity index (χ0n) is 16.8. The van der Waals surface area contributed by atoms with Crippen molar-refractivity contribution in [2.45, 2.75) is 12.4 Å². The topological polar surface area (TPSA) is 59.0 Å². The Bertz CT molecular complexity index is 1260. The molecule has 1 amide bonds. The second kappa shape index (κ2) is 9.53. The fourth-order valence-corrected chi connectivity index (χ4v) is 4.15. The Morgan fingerprint density at radius 2 is 1.31 bits per heavy atom. The highest BCUT2D eigenvalue weighted by molar-refractivity contribution is 6.55. The smallest absolute Gasteiger partial charge is 0.416 e. The third-order valence-corrected chi connectivity index (χ3v) is 5.71. The maximum Gasteiger partial charge on any atom is 0.416 e. The first-order valence-electron chi connectivity index (χ1n) is 8.92. The van der Waals surface area contributed by atoms with Gasteiger partial charge in [-0.1, -0.05) is 46.4 Å². The summed E-state index contributed by atoms with van der Waals surface area (Å²) in [5.41, 5.74) is -4.34. The van der Waals surface area contributed by atoms with E-state index in [4.69, 9.17) is 46.4 Å². The van der Waals surface area contributed by atoms with Crippen LogP contribution in [0.1, 0.15) is 16.7 Å². The van der Waals surface area contributed by atoms with Crippen molar-refractivity contribution in [3.8, 4) is 0 Å². The second-order valence-electron chi connectivity index (χ2n) is 6.75. The Hall–Kier alpha value is -2.47. The number of carbonyl (C=O) groups excluding carboxylic acids is 2. The summed E-state index contributed by atoms with van der Waals surface area (Å²) < 4.78 is 82.7. The van der Waals surface area contributed by atoms with E-state index < -0.39 is 72.4 Å². The van der Waals surface area contributed by atoms with Gasteiger partial charge in [-0.25, -0.2) is 4.79 Å². The monoisotopic (exact) mass is 578 g/mol. The molecule has 0 spiro atoms. The number of ether oxygens (including phenoxy) is 1. The van der Waals surface area contributed by atoms with E-state index in [0.717, 1.165) is 13.2 Å². The molecule has 0 aliphatic carbocycles. The number of halogens is 10. The number of methoxy groups -OCH3 is 1. The number of nitrogens with zero attached hydrogens (tertiary/aromatic N) is 2. The Morgan fingerprint density at radius 1 is 0.886 bits per heavy atom. The van der Waals surface area contributed by atoms with Gasteiger partial charge in [-0.15, -0.1) is 0 Å². The van der Waals surface area contributed by atoms with E-state index >= 15 is 0 Å². The summed E-state index contributed by atoms with van der Waals surface area (Å²) in [5.74, 6) is -2.29. The fourth-order valence-electron chi connectivity index (χ4n) is 2.91. The van der Waals surface area contributed by atoms with E-state index in [-0.39, 0.29) is 5.56 Å². The van der Waals surface area contributed by atoms with Gasteiger partial charge in [0, 0.05) is 15.6 Å². The molecule has 0 bridgehead atoms. The van der Waals surface area contributed by atoms with Gasteiger partial charge in [-0.05, 0) is 30.3 Å². The molecule has 35 heavy (non-hydrogen) atoms. The highest BCUT2D eigenvalue weighted by atomic mass is 35.5. The van der Waals surface area contributed by atoms with Crippen molar-refractivity contribution in [1.29, 1.82) is 0 Å². The van der Waals surface area contributed by atoms with E-state index in [0.29, 0.717) is 29.3 Å². The molecule has 2 aromatic carbocycles. The molecular formula is C20H8Cl4F6N2O3. The third-order valence-electron chi connectivity index (χ3n) is 4.51. The Labute approximate surface area is 212 Å². The minimum Gasteiger partial charge on any atom is -0.464 e. The first-order chi connectivity index (χ1) is 16.1. The predicted octanol–water partition coefficient (Wildman–Crippen LogP) is 7.30. The van der Waals surface area contributed by atoms with Crippen molar-refractivity contribution < 1.29 is 40.7 Å². The molecule has 1 heterocycles. The van der Waals surface area contributed by atoms with Gasteiger partial charge >= 0.3 is 18.3 Å². The quantitative estimate of drug-likeness (QED) is 0.218. The van der Waals surface area contributed by atoms with Crippen LogP contribution in [0.15, 0.2) is 34.9 Å². The Morgan fingerprint density at radius 3 is 1.71 bits per heavy atom. The van der Waals surface area contributed by atoms with Crippen LogP contribution in [0, 0.1) is 0 Å². The van der Waals surface area contributed by atoms with Crippen molar-refractivity contribution in [3.05, 3.63) is 66.6 Å². The van der Waals surface area contributed by atoms with Crippen LogP contribution in [-0.4, -0.2) is 24.7 Å². The predicted molar refractivity (Wildman–Crippen MR) is 118 cm³/mol. The molecule has 15 heteroatoms. The van der Waals surface area contributed by atoms with Gasteiger partial charge in [0.15, 0.2) is 5.71 Å². The molecule has 1 aliphatic heterocycles. The van der Waals surface area contributed by atoms with Gasteiger partial charge in [-0.2, -0.15) is 36.5 Å². The van der Waals surface area contributed by atoms with Gasteiger partial charge < -0.3 is 4.74 Å². The zero-order valence-corrected chi connectivity index (χ0v) is 19.8. The number of carbonyl (C=O) groups is 2. The molecule has 5 nitrogen and oxygen atoms in total.